The molecular formula is C11H21O-. The van der Waals surface area contributed by atoms with Crippen LogP contribution in [0.1, 0.15) is 53.4 Å². The number of hydrogen-bond donors (Lipinski definition) is 0. The van der Waals surface area contributed by atoms with Crippen molar-refractivity contribution in [2.75, 3.05) is 0 Å². The normalized spacial score (nSPS) is 13.5. The zero-order valence-corrected chi connectivity index (χ0v) is 8.81. The van der Waals surface area contributed by atoms with Crippen LogP contribution in [0.3, 0.4) is 0 Å². The van der Waals surface area contributed by atoms with Gasteiger partial charge < -0.3 is 5.11 Å². The molecule has 0 aliphatic carbocycles. The Morgan fingerprint density at radius 1 is 1.08 bits per heavy atom. The summed E-state index contributed by atoms with van der Waals surface area (Å²) in [6.07, 6.45) is 5.59. The van der Waals surface area contributed by atoms with E-state index < -0.39 is 0 Å². The van der Waals surface area contributed by atoms with E-state index in [0.717, 1.165) is 25.7 Å². The molecule has 0 N–H and O–H groups in total. The third-order valence-corrected chi connectivity index (χ3v) is 2.94. The Kier molecular flexibility index (Phi) is 5.03. The first kappa shape index (κ1) is 11.5. The summed E-state index contributed by atoms with van der Waals surface area (Å²) in [7, 11) is 0. The Morgan fingerprint density at radius 2 is 1.50 bits per heavy atom. The van der Waals surface area contributed by atoms with Gasteiger partial charge in [0.05, 0.1) is 0 Å². The van der Waals surface area contributed by atoms with Gasteiger partial charge in [0.25, 0.3) is 0 Å². The van der Waals surface area contributed by atoms with Gasteiger partial charge in [-0.3, -0.25) is 0 Å². The Balaban J connectivity index is 4.58. The summed E-state index contributed by atoms with van der Waals surface area (Å²) in [4.78, 5) is 0. The van der Waals surface area contributed by atoms with Crippen LogP contribution in [0.25, 0.3) is 0 Å². The van der Waals surface area contributed by atoms with Crippen molar-refractivity contribution >= 4 is 0 Å². The highest BCUT2D eigenvalue weighted by molar-refractivity contribution is 5.03. The van der Waals surface area contributed by atoms with Crippen LogP contribution in [-0.2, 0) is 0 Å². The molecule has 0 saturated heterocycles. The molecule has 0 heterocycles. The molecular weight excluding hydrogens is 148 g/mol. The molecule has 0 spiro atoms. The van der Waals surface area contributed by atoms with Crippen molar-refractivity contribution in [1.82, 2.24) is 0 Å². The summed E-state index contributed by atoms with van der Waals surface area (Å²) in [6, 6.07) is 0. The van der Waals surface area contributed by atoms with Crippen LogP contribution in [0.15, 0.2) is 11.8 Å². The van der Waals surface area contributed by atoms with Gasteiger partial charge in [-0.1, -0.05) is 33.8 Å². The standard InChI is InChI=1S/C11H22O/c1-5-9-10(12)11(6-2,7-3)8-4/h9,12H,5-8H2,1-4H3/p-1. The van der Waals surface area contributed by atoms with Gasteiger partial charge in [0.15, 0.2) is 0 Å². The molecule has 0 fully saturated rings. The quantitative estimate of drug-likeness (QED) is 0.580. The van der Waals surface area contributed by atoms with Crippen LogP contribution in [0.5, 0.6) is 0 Å². The third-order valence-electron chi connectivity index (χ3n) is 2.94. The molecule has 0 radical (unpaired) electrons. The van der Waals surface area contributed by atoms with Crippen molar-refractivity contribution in [1.29, 1.82) is 0 Å². The molecule has 0 amide bonds. The molecule has 0 rings (SSSR count). The van der Waals surface area contributed by atoms with Gasteiger partial charge in [0.2, 0.25) is 0 Å². The molecule has 0 aliphatic heterocycles. The lowest BCUT2D eigenvalue weighted by atomic mass is 9.77. The summed E-state index contributed by atoms with van der Waals surface area (Å²) in [5.74, 6) is 0.345. The number of hydrogen-bond acceptors (Lipinski definition) is 1. The number of rotatable bonds is 5. The van der Waals surface area contributed by atoms with E-state index in [-0.39, 0.29) is 5.41 Å². The Labute approximate surface area is 76.5 Å². The second kappa shape index (κ2) is 5.23. The number of allylic oxidation sites excluding steroid dienone is 2. The minimum Gasteiger partial charge on any atom is -0.875 e. The van der Waals surface area contributed by atoms with Crippen LogP contribution in [-0.4, -0.2) is 0 Å². The van der Waals surface area contributed by atoms with Gasteiger partial charge in [-0.15, -0.1) is 5.76 Å². The fraction of sp³-hybridized carbons (Fsp3) is 0.818. The molecule has 1 heteroatoms. The van der Waals surface area contributed by atoms with Gasteiger partial charge in [-0.25, -0.2) is 0 Å². The van der Waals surface area contributed by atoms with Gasteiger partial charge in [-0.05, 0) is 31.1 Å². The predicted octanol–water partition coefficient (Wildman–Crippen LogP) is 2.86. The molecule has 12 heavy (non-hydrogen) atoms. The first-order valence-corrected chi connectivity index (χ1v) is 5.04. The van der Waals surface area contributed by atoms with Crippen molar-refractivity contribution in [2.24, 2.45) is 5.41 Å². The second-order valence-electron chi connectivity index (χ2n) is 3.32. The fourth-order valence-corrected chi connectivity index (χ4v) is 1.67. The van der Waals surface area contributed by atoms with E-state index in [1.165, 1.54) is 0 Å². The van der Waals surface area contributed by atoms with E-state index in [2.05, 4.69) is 20.8 Å². The lowest BCUT2D eigenvalue weighted by Gasteiger charge is -2.37. The average molecular weight is 169 g/mol. The first-order chi connectivity index (χ1) is 5.66. The van der Waals surface area contributed by atoms with Crippen LogP contribution in [0.4, 0.5) is 0 Å². The van der Waals surface area contributed by atoms with Gasteiger partial charge in [-0.2, -0.15) is 0 Å². The van der Waals surface area contributed by atoms with E-state index in [4.69, 9.17) is 0 Å². The van der Waals surface area contributed by atoms with Crippen molar-refractivity contribution in [3.63, 3.8) is 0 Å². The fourth-order valence-electron chi connectivity index (χ4n) is 1.67. The molecule has 0 saturated carbocycles. The maximum absolute atomic E-state index is 11.7. The highest BCUT2D eigenvalue weighted by Crippen LogP contribution is 2.35. The van der Waals surface area contributed by atoms with Crippen molar-refractivity contribution < 1.29 is 5.11 Å². The summed E-state index contributed by atoms with van der Waals surface area (Å²) >= 11 is 0. The van der Waals surface area contributed by atoms with E-state index in [1.54, 1.807) is 0 Å². The summed E-state index contributed by atoms with van der Waals surface area (Å²) in [6.45, 7) is 8.33. The Bertz CT molecular complexity index is 135. The maximum atomic E-state index is 11.7. The van der Waals surface area contributed by atoms with Crippen molar-refractivity contribution in [3.05, 3.63) is 11.8 Å². The van der Waals surface area contributed by atoms with E-state index in [0.29, 0.717) is 5.76 Å². The van der Waals surface area contributed by atoms with Crippen molar-refractivity contribution in [3.8, 4) is 0 Å². The highest BCUT2D eigenvalue weighted by atomic mass is 16.3. The van der Waals surface area contributed by atoms with E-state index in [9.17, 15) is 5.11 Å². The van der Waals surface area contributed by atoms with E-state index in [1.807, 2.05) is 13.0 Å². The summed E-state index contributed by atoms with van der Waals surface area (Å²) < 4.78 is 0. The maximum Gasteiger partial charge on any atom is -0.0200 e. The van der Waals surface area contributed by atoms with Crippen LogP contribution in [0.2, 0.25) is 0 Å². The molecule has 0 bridgehead atoms. The zero-order chi connectivity index (χ0) is 9.61. The SMILES string of the molecule is CCC=C([O-])C(CC)(CC)CC. The van der Waals surface area contributed by atoms with Gasteiger partial charge >= 0.3 is 0 Å². The molecule has 1 nitrogen and oxygen atoms in total. The predicted molar refractivity (Wildman–Crippen MR) is 51.7 cm³/mol. The van der Waals surface area contributed by atoms with Crippen molar-refractivity contribution in [2.45, 2.75) is 53.4 Å². The zero-order valence-electron chi connectivity index (χ0n) is 8.81. The summed E-state index contributed by atoms with van der Waals surface area (Å²) in [5, 5.41) is 11.7. The molecule has 0 aromatic carbocycles. The van der Waals surface area contributed by atoms with E-state index >= 15 is 0 Å². The monoisotopic (exact) mass is 169 g/mol. The molecule has 0 aliphatic rings. The summed E-state index contributed by atoms with van der Waals surface area (Å²) in [5.41, 5.74) is -0.0595. The third kappa shape index (κ3) is 2.26. The first-order valence-electron chi connectivity index (χ1n) is 5.04. The lowest BCUT2D eigenvalue weighted by Crippen LogP contribution is -2.28. The average Bonchev–Trinajstić information content (AvgIpc) is 2.09. The lowest BCUT2D eigenvalue weighted by molar-refractivity contribution is -0.328. The van der Waals surface area contributed by atoms with Crippen LogP contribution in [0, 0.1) is 5.41 Å². The molecule has 0 unspecified atom stereocenters. The van der Waals surface area contributed by atoms with Crippen LogP contribution < -0.4 is 5.11 Å². The highest BCUT2D eigenvalue weighted by Gasteiger charge is 2.21. The topological polar surface area (TPSA) is 23.1 Å². The molecule has 0 aromatic heterocycles. The van der Waals surface area contributed by atoms with Gasteiger partial charge in [0, 0.05) is 0 Å². The minimum atomic E-state index is -0.0595. The second-order valence-corrected chi connectivity index (χ2v) is 3.32. The minimum absolute atomic E-state index is 0.0595. The molecule has 0 aromatic rings. The van der Waals surface area contributed by atoms with Crippen LogP contribution >= 0.6 is 0 Å². The molecule has 72 valence electrons. The molecule has 0 atom stereocenters. The Hall–Kier alpha value is -0.460. The largest absolute Gasteiger partial charge is 0.875 e. The smallest absolute Gasteiger partial charge is 0.0200 e. The Morgan fingerprint density at radius 3 is 1.75 bits per heavy atom. The van der Waals surface area contributed by atoms with Gasteiger partial charge in [0.1, 0.15) is 0 Å².